The number of carboxylic acids is 1. The summed E-state index contributed by atoms with van der Waals surface area (Å²) in [5, 5.41) is 11.8. The molecule has 0 aromatic heterocycles. The first kappa shape index (κ1) is 18.8. The highest BCUT2D eigenvalue weighted by molar-refractivity contribution is 6.02. The Balaban J connectivity index is 2.26. The third-order valence-corrected chi connectivity index (χ3v) is 3.37. The average Bonchev–Trinajstić information content (AvgIpc) is 2.66. The van der Waals surface area contributed by atoms with Gasteiger partial charge in [-0.05, 0) is 35.9 Å². The quantitative estimate of drug-likeness (QED) is 0.563. The Bertz CT molecular complexity index is 827. The van der Waals surface area contributed by atoms with Crippen LogP contribution in [0, 0.1) is 0 Å². The van der Waals surface area contributed by atoms with E-state index < -0.39 is 11.9 Å². The summed E-state index contributed by atoms with van der Waals surface area (Å²) in [7, 11) is 1.49. The van der Waals surface area contributed by atoms with Crippen molar-refractivity contribution in [2.75, 3.05) is 13.7 Å². The van der Waals surface area contributed by atoms with Crippen LogP contribution in [-0.4, -0.2) is 30.7 Å². The van der Waals surface area contributed by atoms with E-state index in [1.54, 1.807) is 54.6 Å². The Hall–Kier alpha value is -3.54. The van der Waals surface area contributed by atoms with Crippen molar-refractivity contribution in [3.8, 4) is 11.5 Å². The molecule has 6 nitrogen and oxygen atoms in total. The van der Waals surface area contributed by atoms with E-state index in [2.05, 4.69) is 11.9 Å². The molecule has 0 bridgehead atoms. The van der Waals surface area contributed by atoms with Crippen molar-refractivity contribution in [3.05, 3.63) is 78.0 Å². The zero-order valence-electron chi connectivity index (χ0n) is 14.3. The molecule has 0 saturated heterocycles. The number of carboxylic acid groups (broad SMARTS) is 1. The van der Waals surface area contributed by atoms with Gasteiger partial charge in [-0.2, -0.15) is 0 Å². The number of aliphatic carboxylic acids is 1. The largest absolute Gasteiger partial charge is 0.493 e. The van der Waals surface area contributed by atoms with E-state index in [4.69, 9.17) is 9.47 Å². The van der Waals surface area contributed by atoms with Crippen molar-refractivity contribution in [2.24, 2.45) is 0 Å². The fraction of sp³-hybridized carbons (Fsp3) is 0.100. The van der Waals surface area contributed by atoms with Gasteiger partial charge in [-0.3, -0.25) is 4.79 Å². The minimum Gasteiger partial charge on any atom is -0.493 e. The monoisotopic (exact) mass is 353 g/mol. The van der Waals surface area contributed by atoms with E-state index >= 15 is 0 Å². The minimum absolute atomic E-state index is 0.249. The molecule has 1 amide bonds. The molecule has 0 aliphatic carbocycles. The average molecular weight is 353 g/mol. The maximum atomic E-state index is 12.2. The number of rotatable bonds is 8. The lowest BCUT2D eigenvalue weighted by Gasteiger charge is -2.11. The number of ether oxygens (including phenoxy) is 2. The number of methoxy groups -OCH3 is 1. The van der Waals surface area contributed by atoms with Gasteiger partial charge in [0, 0.05) is 5.56 Å². The molecule has 0 spiro atoms. The number of amides is 1. The molecule has 2 rings (SSSR count). The molecular weight excluding hydrogens is 334 g/mol. The molecule has 0 fully saturated rings. The van der Waals surface area contributed by atoms with Crippen molar-refractivity contribution in [1.29, 1.82) is 0 Å². The summed E-state index contributed by atoms with van der Waals surface area (Å²) in [5.41, 5.74) is 0.657. The normalized spacial score (nSPS) is 10.7. The topological polar surface area (TPSA) is 84.9 Å². The van der Waals surface area contributed by atoms with Gasteiger partial charge in [-0.25, -0.2) is 4.79 Å². The van der Waals surface area contributed by atoms with Crippen LogP contribution in [0.25, 0.3) is 6.08 Å². The third kappa shape index (κ3) is 4.98. The lowest BCUT2D eigenvalue weighted by Crippen LogP contribution is -2.27. The Morgan fingerprint density at radius 2 is 1.88 bits per heavy atom. The molecule has 0 atom stereocenters. The second kappa shape index (κ2) is 9.08. The zero-order chi connectivity index (χ0) is 18.9. The predicted molar refractivity (Wildman–Crippen MR) is 98.2 cm³/mol. The predicted octanol–water partition coefficient (Wildman–Crippen LogP) is 3.12. The van der Waals surface area contributed by atoms with Gasteiger partial charge in [0.05, 0.1) is 7.11 Å². The lowest BCUT2D eigenvalue weighted by atomic mass is 10.1. The molecule has 26 heavy (non-hydrogen) atoms. The highest BCUT2D eigenvalue weighted by atomic mass is 16.5. The van der Waals surface area contributed by atoms with Gasteiger partial charge in [0.25, 0.3) is 5.91 Å². The number of benzene rings is 2. The fourth-order valence-electron chi connectivity index (χ4n) is 2.14. The highest BCUT2D eigenvalue weighted by Gasteiger charge is 2.14. The molecule has 2 aromatic carbocycles. The lowest BCUT2D eigenvalue weighted by molar-refractivity contribution is -0.132. The molecule has 0 unspecified atom stereocenters. The first-order valence-corrected chi connectivity index (χ1v) is 7.78. The minimum atomic E-state index is -1.25. The van der Waals surface area contributed by atoms with Crippen LogP contribution >= 0.6 is 0 Å². The van der Waals surface area contributed by atoms with Gasteiger partial charge < -0.3 is 19.9 Å². The van der Waals surface area contributed by atoms with Gasteiger partial charge in [0.15, 0.2) is 11.5 Å². The summed E-state index contributed by atoms with van der Waals surface area (Å²) >= 11 is 0. The van der Waals surface area contributed by atoms with Crippen LogP contribution in [0.2, 0.25) is 0 Å². The van der Waals surface area contributed by atoms with Crippen LogP contribution in [0.4, 0.5) is 0 Å². The number of hydrogen-bond donors (Lipinski definition) is 2. The molecule has 2 N–H and O–H groups in total. The number of carbonyl (C=O) groups excluding carboxylic acids is 1. The molecule has 2 aromatic rings. The van der Waals surface area contributed by atoms with Gasteiger partial charge in [-0.15, -0.1) is 0 Å². The highest BCUT2D eigenvalue weighted by Crippen LogP contribution is 2.28. The van der Waals surface area contributed by atoms with Crippen molar-refractivity contribution in [1.82, 2.24) is 5.32 Å². The van der Waals surface area contributed by atoms with Crippen LogP contribution in [0.1, 0.15) is 15.9 Å². The summed E-state index contributed by atoms with van der Waals surface area (Å²) in [6.07, 6.45) is 2.96. The van der Waals surface area contributed by atoms with E-state index in [0.29, 0.717) is 29.2 Å². The second-order valence-corrected chi connectivity index (χ2v) is 5.19. The first-order chi connectivity index (χ1) is 12.5. The van der Waals surface area contributed by atoms with Crippen LogP contribution in [-0.2, 0) is 4.79 Å². The van der Waals surface area contributed by atoms with Crippen molar-refractivity contribution in [3.63, 3.8) is 0 Å². The molecule has 134 valence electrons. The molecular formula is C20H19NO5. The number of carbonyl (C=O) groups is 2. The van der Waals surface area contributed by atoms with Crippen molar-refractivity contribution >= 4 is 18.0 Å². The maximum absolute atomic E-state index is 12.2. The van der Waals surface area contributed by atoms with Crippen LogP contribution in [0.3, 0.4) is 0 Å². The van der Waals surface area contributed by atoms with E-state index in [0.717, 1.165) is 0 Å². The van der Waals surface area contributed by atoms with E-state index in [9.17, 15) is 14.7 Å². The smallest absolute Gasteiger partial charge is 0.352 e. The van der Waals surface area contributed by atoms with Gasteiger partial charge >= 0.3 is 5.97 Å². The van der Waals surface area contributed by atoms with Gasteiger partial charge in [0.2, 0.25) is 0 Å². The summed E-state index contributed by atoms with van der Waals surface area (Å²) < 4.78 is 10.7. The Morgan fingerprint density at radius 3 is 2.50 bits per heavy atom. The molecule has 0 heterocycles. The Labute approximate surface area is 151 Å². The molecule has 6 heteroatoms. The van der Waals surface area contributed by atoms with Crippen LogP contribution in [0.5, 0.6) is 11.5 Å². The maximum Gasteiger partial charge on any atom is 0.352 e. The van der Waals surface area contributed by atoms with Crippen LogP contribution in [0.15, 0.2) is 66.9 Å². The number of hydrogen-bond acceptors (Lipinski definition) is 4. The summed E-state index contributed by atoms with van der Waals surface area (Å²) in [5.74, 6) is -0.799. The summed E-state index contributed by atoms with van der Waals surface area (Å²) in [6, 6.07) is 13.3. The van der Waals surface area contributed by atoms with Crippen molar-refractivity contribution in [2.45, 2.75) is 0 Å². The second-order valence-electron chi connectivity index (χ2n) is 5.19. The number of nitrogens with one attached hydrogen (secondary N) is 1. The van der Waals surface area contributed by atoms with Gasteiger partial charge in [0.1, 0.15) is 12.3 Å². The fourth-order valence-corrected chi connectivity index (χ4v) is 2.14. The Morgan fingerprint density at radius 1 is 1.15 bits per heavy atom. The van der Waals surface area contributed by atoms with Crippen molar-refractivity contribution < 1.29 is 24.2 Å². The van der Waals surface area contributed by atoms with E-state index in [1.165, 1.54) is 13.2 Å². The zero-order valence-corrected chi connectivity index (χ0v) is 14.3. The van der Waals surface area contributed by atoms with E-state index in [-0.39, 0.29) is 5.70 Å². The molecule has 0 radical (unpaired) electrons. The standard InChI is InChI=1S/C20H19NO5/c1-3-11-26-17-10-9-14(13-18(17)25-2)12-16(20(23)24)21-19(22)15-7-5-4-6-8-15/h3-10,12-13H,1,11H2,2H3,(H,21,22)(H,23,24)/b16-12+. The first-order valence-electron chi connectivity index (χ1n) is 7.78. The SMILES string of the molecule is C=CCOc1ccc(/C=C(/NC(=O)c2ccccc2)C(=O)O)cc1OC. The summed E-state index contributed by atoms with van der Waals surface area (Å²) in [6.45, 7) is 3.90. The molecule has 0 saturated carbocycles. The van der Waals surface area contributed by atoms with Crippen LogP contribution < -0.4 is 14.8 Å². The third-order valence-electron chi connectivity index (χ3n) is 3.37. The molecule has 0 aliphatic rings. The molecule has 0 aliphatic heterocycles. The van der Waals surface area contributed by atoms with Gasteiger partial charge in [-0.1, -0.05) is 36.9 Å². The Kier molecular flexibility index (Phi) is 6.56. The summed E-state index contributed by atoms with van der Waals surface area (Å²) in [4.78, 5) is 23.7. The van der Waals surface area contributed by atoms with E-state index in [1.807, 2.05) is 0 Å².